The summed E-state index contributed by atoms with van der Waals surface area (Å²) in [5.41, 5.74) is 6.78. The van der Waals surface area contributed by atoms with Crippen molar-refractivity contribution in [2.24, 2.45) is 0 Å². The molecule has 184 valence electrons. The van der Waals surface area contributed by atoms with Gasteiger partial charge in [-0.2, -0.15) is 5.10 Å². The number of hydrogen-bond acceptors (Lipinski definition) is 4. The fraction of sp³-hybridized carbons (Fsp3) is 0.379. The minimum atomic E-state index is 0.0707. The van der Waals surface area contributed by atoms with Crippen molar-refractivity contribution in [2.75, 3.05) is 33.3 Å². The van der Waals surface area contributed by atoms with Crippen molar-refractivity contribution in [3.05, 3.63) is 88.2 Å². The maximum absolute atomic E-state index is 13.0. The molecule has 1 aliphatic rings. The summed E-state index contributed by atoms with van der Waals surface area (Å²) in [6.07, 6.45) is 4.63. The summed E-state index contributed by atoms with van der Waals surface area (Å²) in [5.74, 6) is 0.945. The van der Waals surface area contributed by atoms with E-state index in [9.17, 15) is 4.79 Å². The van der Waals surface area contributed by atoms with E-state index in [4.69, 9.17) is 9.84 Å². The minimum absolute atomic E-state index is 0.0707. The van der Waals surface area contributed by atoms with Gasteiger partial charge in [0.2, 0.25) is 5.91 Å². The number of amides is 1. The Balaban J connectivity index is 1.35. The lowest BCUT2D eigenvalue weighted by atomic mass is 10.1. The molecule has 0 aliphatic carbocycles. The molecular formula is C29H36N4O2. The molecule has 0 N–H and O–H groups in total. The van der Waals surface area contributed by atoms with E-state index in [0.717, 1.165) is 68.4 Å². The molecule has 0 radical (unpaired) electrons. The quantitative estimate of drug-likeness (QED) is 0.471. The lowest BCUT2D eigenvalue weighted by molar-refractivity contribution is -0.125. The lowest BCUT2D eigenvalue weighted by Gasteiger charge is -2.21. The van der Waals surface area contributed by atoms with Gasteiger partial charge in [-0.1, -0.05) is 42.0 Å². The molecule has 35 heavy (non-hydrogen) atoms. The second kappa shape index (κ2) is 11.4. The normalized spacial score (nSPS) is 14.9. The molecule has 2 heterocycles. The van der Waals surface area contributed by atoms with Gasteiger partial charge in [-0.3, -0.25) is 14.4 Å². The first-order chi connectivity index (χ1) is 16.9. The van der Waals surface area contributed by atoms with Gasteiger partial charge in [0.25, 0.3) is 0 Å². The molecule has 4 rings (SSSR count). The Morgan fingerprint density at radius 3 is 2.31 bits per heavy atom. The van der Waals surface area contributed by atoms with E-state index in [1.54, 1.807) is 13.2 Å². The molecule has 2 aromatic carbocycles. The SMILES string of the molecule is COc1ccc(CN2CCCN(C(=O)/C=C/c3c(C)nn(Cc4ccc(C)cc4)c3C)CC2)cc1. The van der Waals surface area contributed by atoms with Crippen molar-refractivity contribution in [1.82, 2.24) is 19.6 Å². The summed E-state index contributed by atoms with van der Waals surface area (Å²) in [7, 11) is 1.68. The number of rotatable bonds is 7. The highest BCUT2D eigenvalue weighted by atomic mass is 16.5. The van der Waals surface area contributed by atoms with Crippen LogP contribution in [0.25, 0.3) is 6.08 Å². The third kappa shape index (κ3) is 6.40. The molecule has 0 saturated carbocycles. The number of aromatic nitrogens is 2. The Hall–Kier alpha value is -3.38. The summed E-state index contributed by atoms with van der Waals surface area (Å²) in [6, 6.07) is 16.8. The Morgan fingerprint density at radius 1 is 0.914 bits per heavy atom. The van der Waals surface area contributed by atoms with Gasteiger partial charge in [0.05, 0.1) is 19.3 Å². The van der Waals surface area contributed by atoms with Gasteiger partial charge in [0.15, 0.2) is 0 Å². The zero-order chi connectivity index (χ0) is 24.8. The fourth-order valence-corrected chi connectivity index (χ4v) is 4.57. The molecule has 6 nitrogen and oxygen atoms in total. The van der Waals surface area contributed by atoms with Gasteiger partial charge in [0, 0.05) is 50.1 Å². The van der Waals surface area contributed by atoms with Crippen LogP contribution in [0.4, 0.5) is 0 Å². The Labute approximate surface area is 208 Å². The zero-order valence-electron chi connectivity index (χ0n) is 21.3. The van der Waals surface area contributed by atoms with Crippen molar-refractivity contribution < 1.29 is 9.53 Å². The largest absolute Gasteiger partial charge is 0.497 e. The van der Waals surface area contributed by atoms with Crippen LogP contribution in [0.5, 0.6) is 5.75 Å². The predicted octanol–water partition coefficient (Wildman–Crippen LogP) is 4.61. The van der Waals surface area contributed by atoms with Crippen LogP contribution in [0.15, 0.2) is 54.6 Å². The first-order valence-corrected chi connectivity index (χ1v) is 12.3. The van der Waals surface area contributed by atoms with Crippen LogP contribution in [0.2, 0.25) is 0 Å². The number of aryl methyl sites for hydroxylation is 2. The van der Waals surface area contributed by atoms with E-state index in [-0.39, 0.29) is 5.91 Å². The molecule has 1 amide bonds. The fourth-order valence-electron chi connectivity index (χ4n) is 4.57. The molecule has 3 aromatic rings. The third-order valence-corrected chi connectivity index (χ3v) is 6.75. The molecule has 0 atom stereocenters. The van der Waals surface area contributed by atoms with Crippen LogP contribution < -0.4 is 4.74 Å². The van der Waals surface area contributed by atoms with Crippen molar-refractivity contribution >= 4 is 12.0 Å². The summed E-state index contributed by atoms with van der Waals surface area (Å²) in [6.45, 7) is 11.2. The maximum atomic E-state index is 13.0. The molecular weight excluding hydrogens is 436 g/mol. The van der Waals surface area contributed by atoms with Gasteiger partial charge >= 0.3 is 0 Å². The Bertz CT molecular complexity index is 1160. The Morgan fingerprint density at radius 2 is 1.60 bits per heavy atom. The smallest absolute Gasteiger partial charge is 0.246 e. The molecule has 0 spiro atoms. The first kappa shape index (κ1) is 24.7. The van der Waals surface area contributed by atoms with Crippen LogP contribution >= 0.6 is 0 Å². The maximum Gasteiger partial charge on any atom is 0.246 e. The summed E-state index contributed by atoms with van der Waals surface area (Å²) < 4.78 is 7.27. The number of hydrogen-bond donors (Lipinski definition) is 0. The highest BCUT2D eigenvalue weighted by molar-refractivity contribution is 5.92. The summed E-state index contributed by atoms with van der Waals surface area (Å²) in [4.78, 5) is 17.4. The van der Waals surface area contributed by atoms with Crippen LogP contribution in [-0.2, 0) is 17.9 Å². The van der Waals surface area contributed by atoms with Crippen molar-refractivity contribution in [3.8, 4) is 5.75 Å². The van der Waals surface area contributed by atoms with Crippen molar-refractivity contribution in [2.45, 2.75) is 40.3 Å². The van der Waals surface area contributed by atoms with Gasteiger partial charge in [0.1, 0.15) is 5.75 Å². The molecule has 0 bridgehead atoms. The average Bonchev–Trinajstić information content (AvgIpc) is 3.01. The highest BCUT2D eigenvalue weighted by Gasteiger charge is 2.18. The second-order valence-corrected chi connectivity index (χ2v) is 9.36. The lowest BCUT2D eigenvalue weighted by Crippen LogP contribution is -2.34. The molecule has 1 aliphatic heterocycles. The second-order valence-electron chi connectivity index (χ2n) is 9.36. The summed E-state index contributed by atoms with van der Waals surface area (Å²) >= 11 is 0. The van der Waals surface area contributed by atoms with E-state index >= 15 is 0 Å². The minimum Gasteiger partial charge on any atom is -0.497 e. The number of carbonyl (C=O) groups is 1. The van der Waals surface area contributed by atoms with Crippen LogP contribution in [0.3, 0.4) is 0 Å². The standard InChI is InChI=1S/C29H36N4O2/c1-22-6-8-26(9-7-22)21-33-24(3)28(23(2)30-33)14-15-29(34)32-17-5-16-31(18-19-32)20-25-10-12-27(35-4)13-11-25/h6-15H,5,16-21H2,1-4H3/b15-14+. The van der Waals surface area contributed by atoms with Crippen LogP contribution in [0, 0.1) is 20.8 Å². The summed E-state index contributed by atoms with van der Waals surface area (Å²) in [5, 5.41) is 4.72. The molecule has 0 unspecified atom stereocenters. The predicted molar refractivity (Wildman–Crippen MR) is 140 cm³/mol. The van der Waals surface area contributed by atoms with Gasteiger partial charge < -0.3 is 9.64 Å². The number of nitrogens with zero attached hydrogens (tertiary/aromatic N) is 4. The van der Waals surface area contributed by atoms with Crippen molar-refractivity contribution in [3.63, 3.8) is 0 Å². The van der Waals surface area contributed by atoms with Crippen molar-refractivity contribution in [1.29, 1.82) is 0 Å². The van der Waals surface area contributed by atoms with E-state index in [1.165, 1.54) is 16.7 Å². The number of methoxy groups -OCH3 is 1. The van der Waals surface area contributed by atoms with E-state index in [0.29, 0.717) is 0 Å². The number of benzene rings is 2. The van der Waals surface area contributed by atoms with Crippen LogP contribution in [0.1, 0.15) is 40.1 Å². The highest BCUT2D eigenvalue weighted by Crippen LogP contribution is 2.18. The third-order valence-electron chi connectivity index (χ3n) is 6.75. The van der Waals surface area contributed by atoms with Gasteiger partial charge in [-0.05, 0) is 56.5 Å². The topological polar surface area (TPSA) is 50.6 Å². The number of carbonyl (C=O) groups excluding carboxylic acids is 1. The average molecular weight is 473 g/mol. The molecule has 6 heteroatoms. The van der Waals surface area contributed by atoms with E-state index < -0.39 is 0 Å². The van der Waals surface area contributed by atoms with Gasteiger partial charge in [-0.15, -0.1) is 0 Å². The van der Waals surface area contributed by atoms with Crippen LogP contribution in [-0.4, -0.2) is 58.8 Å². The molecule has 1 aromatic heterocycles. The van der Waals surface area contributed by atoms with Gasteiger partial charge in [-0.25, -0.2) is 0 Å². The molecule has 1 fully saturated rings. The van der Waals surface area contributed by atoms with E-state index in [1.807, 2.05) is 34.7 Å². The zero-order valence-corrected chi connectivity index (χ0v) is 21.3. The Kier molecular flexibility index (Phi) is 8.03. The number of ether oxygens (including phenoxy) is 1. The van der Waals surface area contributed by atoms with E-state index in [2.05, 4.69) is 55.1 Å². The first-order valence-electron chi connectivity index (χ1n) is 12.3. The monoisotopic (exact) mass is 472 g/mol. The molecule has 1 saturated heterocycles.